The third-order valence-electron chi connectivity index (χ3n) is 4.33. The quantitative estimate of drug-likeness (QED) is 0.694. The van der Waals surface area contributed by atoms with Crippen molar-refractivity contribution < 1.29 is 12.8 Å². The summed E-state index contributed by atoms with van der Waals surface area (Å²) in [5.41, 5.74) is 7.87. The number of nitrogens with zero attached hydrogens (tertiary/aromatic N) is 4. The molecule has 0 bridgehead atoms. The molecule has 1 aliphatic heterocycles. The zero-order valence-electron chi connectivity index (χ0n) is 13.3. The number of aryl methyl sites for hydroxylation is 1. The van der Waals surface area contributed by atoms with Crippen LogP contribution >= 0.6 is 0 Å². The zero-order valence-corrected chi connectivity index (χ0v) is 14.2. The Hall–Kier alpha value is -2.72. The summed E-state index contributed by atoms with van der Waals surface area (Å²) in [4.78, 5) is 19.8. The first-order valence-corrected chi connectivity index (χ1v) is 9.00. The number of hydrogen-bond donors (Lipinski definition) is 1. The lowest BCUT2D eigenvalue weighted by Gasteiger charge is -2.27. The molecule has 2 aromatic heterocycles. The third kappa shape index (κ3) is 2.50. The molecule has 0 unspecified atom stereocenters. The number of hydrogen-bond acceptors (Lipinski definition) is 7. The summed E-state index contributed by atoms with van der Waals surface area (Å²) in [7, 11) is -2.21. The van der Waals surface area contributed by atoms with Crippen LogP contribution in [0.15, 0.2) is 38.5 Å². The maximum Gasteiger partial charge on any atom is 0.419 e. The fourth-order valence-electron chi connectivity index (χ4n) is 2.92. The van der Waals surface area contributed by atoms with Crippen molar-refractivity contribution in [1.82, 2.24) is 18.8 Å². The van der Waals surface area contributed by atoms with Crippen LogP contribution in [0.4, 0.5) is 5.95 Å². The van der Waals surface area contributed by atoms with Gasteiger partial charge in [0, 0.05) is 19.8 Å². The van der Waals surface area contributed by atoms with Gasteiger partial charge < -0.3 is 10.2 Å². The molecule has 0 saturated heterocycles. The van der Waals surface area contributed by atoms with Crippen molar-refractivity contribution in [1.29, 1.82) is 0 Å². The second kappa shape index (κ2) is 5.39. The Morgan fingerprint density at radius 3 is 2.92 bits per heavy atom. The molecular formula is C15H15N5O4S. The van der Waals surface area contributed by atoms with Crippen LogP contribution in [0.1, 0.15) is 11.3 Å². The van der Waals surface area contributed by atoms with Gasteiger partial charge in [-0.05, 0) is 30.2 Å². The molecule has 9 nitrogen and oxygen atoms in total. The van der Waals surface area contributed by atoms with Gasteiger partial charge in [0.1, 0.15) is 0 Å². The lowest BCUT2D eigenvalue weighted by atomic mass is 10.1. The van der Waals surface area contributed by atoms with Crippen LogP contribution in [0.3, 0.4) is 0 Å². The van der Waals surface area contributed by atoms with Crippen LogP contribution in [0.25, 0.3) is 11.1 Å². The maximum absolute atomic E-state index is 13.0. The van der Waals surface area contributed by atoms with Crippen molar-refractivity contribution in [3.05, 3.63) is 46.2 Å². The highest BCUT2D eigenvalue weighted by Gasteiger charge is 2.30. The Labute approximate surface area is 142 Å². The highest BCUT2D eigenvalue weighted by atomic mass is 32.2. The van der Waals surface area contributed by atoms with Gasteiger partial charge in [-0.15, -0.1) is 0 Å². The number of oxazole rings is 1. The van der Waals surface area contributed by atoms with Gasteiger partial charge in [0.25, 0.3) is 0 Å². The summed E-state index contributed by atoms with van der Waals surface area (Å²) >= 11 is 0. The first kappa shape index (κ1) is 15.8. The van der Waals surface area contributed by atoms with E-state index in [1.165, 1.54) is 34.1 Å². The Morgan fingerprint density at radius 2 is 2.12 bits per heavy atom. The van der Waals surface area contributed by atoms with E-state index in [0.717, 1.165) is 5.56 Å². The summed E-state index contributed by atoms with van der Waals surface area (Å²) in [6, 6.07) is 4.37. The van der Waals surface area contributed by atoms with Crippen LogP contribution in [0, 0.1) is 0 Å². The number of anilines is 1. The highest BCUT2D eigenvalue weighted by molar-refractivity contribution is 7.89. The molecule has 2 N–H and O–H groups in total. The summed E-state index contributed by atoms with van der Waals surface area (Å²) in [5, 5.41) is 0. The van der Waals surface area contributed by atoms with E-state index in [9.17, 15) is 13.2 Å². The van der Waals surface area contributed by atoms with E-state index in [2.05, 4.69) is 9.97 Å². The molecule has 0 spiro atoms. The minimum Gasteiger partial charge on any atom is -0.408 e. The summed E-state index contributed by atoms with van der Waals surface area (Å²) in [5.74, 6) is -0.420. The van der Waals surface area contributed by atoms with Crippen molar-refractivity contribution in [3.8, 4) is 0 Å². The molecular weight excluding hydrogens is 346 g/mol. The molecule has 0 atom stereocenters. The minimum absolute atomic E-state index is 0.0990. The first-order chi connectivity index (χ1) is 11.9. The van der Waals surface area contributed by atoms with Crippen LogP contribution < -0.4 is 11.5 Å². The van der Waals surface area contributed by atoms with Gasteiger partial charge in [0.2, 0.25) is 16.0 Å². The fourth-order valence-corrected chi connectivity index (χ4v) is 4.34. The molecule has 0 saturated carbocycles. The van der Waals surface area contributed by atoms with Crippen LogP contribution in [-0.2, 0) is 30.0 Å². The van der Waals surface area contributed by atoms with Crippen molar-refractivity contribution >= 4 is 27.1 Å². The van der Waals surface area contributed by atoms with Crippen molar-refractivity contribution in [3.63, 3.8) is 0 Å². The van der Waals surface area contributed by atoms with Crippen LogP contribution in [-0.4, -0.2) is 33.8 Å². The number of fused-ring (bicyclic) bond motifs is 2. The Bertz CT molecular complexity index is 1150. The Kier molecular flexibility index (Phi) is 3.41. The number of aromatic nitrogens is 3. The average molecular weight is 361 g/mol. The number of rotatable bonds is 2. The Balaban J connectivity index is 1.75. The smallest absolute Gasteiger partial charge is 0.408 e. The number of sulfonamides is 1. The van der Waals surface area contributed by atoms with Gasteiger partial charge >= 0.3 is 5.76 Å². The van der Waals surface area contributed by atoms with E-state index in [1.54, 1.807) is 6.20 Å². The molecule has 3 heterocycles. The molecule has 0 aliphatic carbocycles. The van der Waals surface area contributed by atoms with E-state index in [1.807, 2.05) is 0 Å². The van der Waals surface area contributed by atoms with Gasteiger partial charge in [-0.1, -0.05) is 0 Å². The molecule has 3 aromatic rings. The van der Waals surface area contributed by atoms with Gasteiger partial charge in [0.05, 0.1) is 22.7 Å². The summed E-state index contributed by atoms with van der Waals surface area (Å²) in [6.45, 7) is 0.456. The van der Waals surface area contributed by atoms with Crippen molar-refractivity contribution in [2.75, 3.05) is 12.3 Å². The predicted molar refractivity (Wildman–Crippen MR) is 89.2 cm³/mol. The van der Waals surface area contributed by atoms with Gasteiger partial charge in [-0.2, -0.15) is 4.31 Å². The van der Waals surface area contributed by atoms with E-state index in [0.29, 0.717) is 29.8 Å². The van der Waals surface area contributed by atoms with Gasteiger partial charge in [-0.3, -0.25) is 4.57 Å². The standard InChI is InChI=1S/C15H15N5O4S/c1-19-12-6-10(2-3-13(12)24-15(19)21)25(22,23)20-5-4-9-7-17-14(16)18-11(9)8-20/h2-3,6-7H,4-5,8H2,1H3,(H2,16,17,18). The molecule has 1 aliphatic rings. The number of nitrogen functional groups attached to an aromatic ring is 1. The highest BCUT2D eigenvalue weighted by Crippen LogP contribution is 2.26. The number of nitrogens with two attached hydrogens (primary N) is 1. The Morgan fingerprint density at radius 1 is 1.32 bits per heavy atom. The average Bonchev–Trinajstić information content (AvgIpc) is 2.88. The van der Waals surface area contributed by atoms with Crippen molar-refractivity contribution in [2.45, 2.75) is 17.9 Å². The van der Waals surface area contributed by atoms with E-state index >= 15 is 0 Å². The molecule has 25 heavy (non-hydrogen) atoms. The lowest BCUT2D eigenvalue weighted by molar-refractivity contribution is 0.385. The molecule has 1 aromatic carbocycles. The normalized spacial score (nSPS) is 15.4. The fraction of sp³-hybridized carbons (Fsp3) is 0.267. The molecule has 0 amide bonds. The van der Waals surface area contributed by atoms with Crippen LogP contribution in [0.2, 0.25) is 0 Å². The maximum atomic E-state index is 13.0. The van der Waals surface area contributed by atoms with Crippen molar-refractivity contribution in [2.24, 2.45) is 7.05 Å². The second-order valence-electron chi connectivity index (χ2n) is 5.85. The molecule has 0 radical (unpaired) electrons. The topological polar surface area (TPSA) is 124 Å². The van der Waals surface area contributed by atoms with Gasteiger partial charge in [0.15, 0.2) is 5.58 Å². The summed E-state index contributed by atoms with van der Waals surface area (Å²) in [6.07, 6.45) is 2.15. The lowest BCUT2D eigenvalue weighted by Crippen LogP contribution is -2.36. The minimum atomic E-state index is -3.74. The SMILES string of the molecule is Cn1c(=O)oc2ccc(S(=O)(=O)N3CCc4cnc(N)nc4C3)cc21. The van der Waals surface area contributed by atoms with E-state index in [4.69, 9.17) is 10.2 Å². The molecule has 10 heteroatoms. The van der Waals surface area contributed by atoms with E-state index in [-0.39, 0.29) is 17.4 Å². The monoisotopic (exact) mass is 361 g/mol. The largest absolute Gasteiger partial charge is 0.419 e. The second-order valence-corrected chi connectivity index (χ2v) is 7.78. The summed E-state index contributed by atoms with van der Waals surface area (Å²) < 4.78 is 33.6. The third-order valence-corrected chi connectivity index (χ3v) is 6.17. The van der Waals surface area contributed by atoms with Gasteiger partial charge in [-0.25, -0.2) is 23.2 Å². The first-order valence-electron chi connectivity index (χ1n) is 7.56. The number of benzene rings is 1. The molecule has 130 valence electrons. The van der Waals surface area contributed by atoms with Crippen LogP contribution in [0.5, 0.6) is 0 Å². The molecule has 4 rings (SSSR count). The predicted octanol–water partition coefficient (Wildman–Crippen LogP) is 0.251. The molecule has 0 fully saturated rings. The zero-order chi connectivity index (χ0) is 17.8. The van der Waals surface area contributed by atoms with E-state index < -0.39 is 15.8 Å².